The summed E-state index contributed by atoms with van der Waals surface area (Å²) in [7, 11) is 1.61. The van der Waals surface area contributed by atoms with Crippen LogP contribution in [0.3, 0.4) is 0 Å². The fraction of sp³-hybridized carbons (Fsp3) is 0.688. The predicted octanol–water partition coefficient (Wildman–Crippen LogP) is 1.67. The van der Waals surface area contributed by atoms with E-state index in [9.17, 15) is 14.7 Å². The summed E-state index contributed by atoms with van der Waals surface area (Å²) in [5.41, 5.74) is 0.130. The molecule has 4 saturated carbocycles. The Hall–Kier alpha value is -1.85. The molecule has 0 aliphatic heterocycles. The smallest absolute Gasteiger partial charge is 0.339 e. The molecule has 0 unspecified atom stereocenters. The number of carbonyl (C=O) groups excluding carboxylic acids is 1. The van der Waals surface area contributed by atoms with Gasteiger partial charge in [-0.3, -0.25) is 9.48 Å². The summed E-state index contributed by atoms with van der Waals surface area (Å²) in [4.78, 5) is 23.9. The normalized spacial score (nSPS) is 35.6. The van der Waals surface area contributed by atoms with E-state index in [1.54, 1.807) is 7.05 Å². The maximum absolute atomic E-state index is 12.6. The molecule has 4 bridgehead atoms. The van der Waals surface area contributed by atoms with Gasteiger partial charge in [0, 0.05) is 13.1 Å². The lowest BCUT2D eigenvalue weighted by Crippen LogP contribution is -2.56. The van der Waals surface area contributed by atoms with E-state index in [2.05, 4.69) is 10.4 Å². The quantitative estimate of drug-likeness (QED) is 0.889. The van der Waals surface area contributed by atoms with Crippen molar-refractivity contribution in [1.29, 1.82) is 0 Å². The summed E-state index contributed by atoms with van der Waals surface area (Å²) in [6, 6.07) is 0.205. The number of hydrogen-bond acceptors (Lipinski definition) is 3. The number of amides is 1. The number of carboxylic acids is 1. The van der Waals surface area contributed by atoms with E-state index < -0.39 is 5.97 Å². The van der Waals surface area contributed by atoms with Gasteiger partial charge in [0.15, 0.2) is 0 Å². The molecule has 6 heteroatoms. The van der Waals surface area contributed by atoms with Gasteiger partial charge in [0.25, 0.3) is 5.91 Å². The first-order valence-electron chi connectivity index (χ1n) is 8.09. The molecule has 0 atom stereocenters. The third kappa shape index (κ3) is 2.04. The van der Waals surface area contributed by atoms with E-state index in [1.807, 2.05) is 0 Å². The van der Waals surface area contributed by atoms with Crippen molar-refractivity contribution >= 4 is 11.9 Å². The van der Waals surface area contributed by atoms with Crippen LogP contribution in [-0.2, 0) is 7.05 Å². The molecule has 5 rings (SSSR count). The van der Waals surface area contributed by atoms with E-state index in [0.717, 1.165) is 11.8 Å². The van der Waals surface area contributed by atoms with E-state index >= 15 is 0 Å². The maximum Gasteiger partial charge on any atom is 0.339 e. The highest BCUT2D eigenvalue weighted by molar-refractivity contribution is 6.03. The number of carbonyl (C=O) groups is 2. The third-order valence-corrected chi connectivity index (χ3v) is 5.91. The summed E-state index contributed by atoms with van der Waals surface area (Å²) < 4.78 is 1.36. The molecule has 2 N–H and O–H groups in total. The number of nitrogens with one attached hydrogen (secondary N) is 1. The zero-order valence-corrected chi connectivity index (χ0v) is 12.7. The first-order chi connectivity index (χ1) is 10.5. The summed E-state index contributed by atoms with van der Waals surface area (Å²) in [6.07, 6.45) is 7.49. The molecule has 4 aliphatic carbocycles. The van der Waals surface area contributed by atoms with Gasteiger partial charge in [0.05, 0.1) is 6.20 Å². The highest BCUT2D eigenvalue weighted by atomic mass is 16.4. The summed E-state index contributed by atoms with van der Waals surface area (Å²) in [5, 5.41) is 16.3. The molecule has 1 aromatic heterocycles. The molecule has 4 aliphatic rings. The van der Waals surface area contributed by atoms with E-state index in [0.29, 0.717) is 11.8 Å². The average molecular weight is 303 g/mol. The van der Waals surface area contributed by atoms with Gasteiger partial charge in [-0.15, -0.1) is 0 Å². The molecular formula is C16H21N3O3. The van der Waals surface area contributed by atoms with Gasteiger partial charge in [-0.2, -0.15) is 5.10 Å². The number of aromatic carboxylic acids is 1. The van der Waals surface area contributed by atoms with Crippen molar-refractivity contribution in [3.63, 3.8) is 0 Å². The maximum atomic E-state index is 12.6. The molecule has 1 aromatic rings. The van der Waals surface area contributed by atoms with Gasteiger partial charge < -0.3 is 10.4 Å². The minimum Gasteiger partial charge on any atom is -0.478 e. The van der Waals surface area contributed by atoms with Crippen LogP contribution in [0.1, 0.15) is 53.0 Å². The zero-order valence-electron chi connectivity index (χ0n) is 12.7. The molecule has 1 heterocycles. The number of hydrogen-bond donors (Lipinski definition) is 2. The Labute approximate surface area is 128 Å². The van der Waals surface area contributed by atoms with Crippen molar-refractivity contribution in [2.24, 2.45) is 30.7 Å². The van der Waals surface area contributed by atoms with Gasteiger partial charge in [-0.1, -0.05) is 0 Å². The van der Waals surface area contributed by atoms with Gasteiger partial charge in [-0.25, -0.2) is 4.79 Å². The first-order valence-corrected chi connectivity index (χ1v) is 8.09. The second kappa shape index (κ2) is 4.83. The Kier molecular flexibility index (Phi) is 3.03. The van der Waals surface area contributed by atoms with E-state index in [-0.39, 0.29) is 23.2 Å². The molecule has 6 nitrogen and oxygen atoms in total. The van der Waals surface area contributed by atoms with Crippen LogP contribution in [0.25, 0.3) is 0 Å². The highest BCUT2D eigenvalue weighted by Crippen LogP contribution is 2.53. The number of aromatic nitrogens is 2. The number of aryl methyl sites for hydroxylation is 1. The fourth-order valence-electron chi connectivity index (χ4n) is 5.24. The topological polar surface area (TPSA) is 84.2 Å². The monoisotopic (exact) mass is 303 g/mol. The summed E-state index contributed by atoms with van der Waals surface area (Å²) in [5.74, 6) is 1.44. The van der Waals surface area contributed by atoms with E-state index in [1.165, 1.54) is 43.0 Å². The lowest BCUT2D eigenvalue weighted by Gasteiger charge is -2.54. The Bertz CT molecular complexity index is 609. The van der Waals surface area contributed by atoms with Crippen molar-refractivity contribution in [1.82, 2.24) is 15.1 Å². The second-order valence-corrected chi connectivity index (χ2v) is 7.27. The van der Waals surface area contributed by atoms with Crippen LogP contribution >= 0.6 is 0 Å². The molecule has 4 fully saturated rings. The van der Waals surface area contributed by atoms with Crippen LogP contribution in [0.4, 0.5) is 0 Å². The molecule has 1 amide bonds. The zero-order chi connectivity index (χ0) is 15.4. The standard InChI is InChI=1S/C16H21N3O3/c1-19-14(12(7-17-19)16(21)22)15(20)18-13-10-3-8-2-9(5-10)6-11(13)4-8/h7-11,13H,2-6H2,1H3,(H,18,20)(H,21,22). The molecule has 22 heavy (non-hydrogen) atoms. The third-order valence-electron chi connectivity index (χ3n) is 5.91. The molecule has 0 radical (unpaired) electrons. The van der Waals surface area contributed by atoms with Crippen LogP contribution in [0.15, 0.2) is 6.20 Å². The molecule has 0 spiro atoms. The fourth-order valence-corrected chi connectivity index (χ4v) is 5.24. The van der Waals surface area contributed by atoms with Gasteiger partial charge in [0.1, 0.15) is 11.3 Å². The van der Waals surface area contributed by atoms with Crippen LogP contribution in [0.5, 0.6) is 0 Å². The van der Waals surface area contributed by atoms with Gasteiger partial charge >= 0.3 is 5.97 Å². The van der Waals surface area contributed by atoms with Crippen molar-refractivity contribution in [2.75, 3.05) is 0 Å². The number of nitrogens with zero attached hydrogens (tertiary/aromatic N) is 2. The highest BCUT2D eigenvalue weighted by Gasteiger charge is 2.48. The summed E-state index contributed by atoms with van der Waals surface area (Å²) in [6.45, 7) is 0. The van der Waals surface area contributed by atoms with Crippen molar-refractivity contribution in [3.05, 3.63) is 17.5 Å². The number of carboxylic acid groups (broad SMARTS) is 1. The summed E-state index contributed by atoms with van der Waals surface area (Å²) >= 11 is 0. The SMILES string of the molecule is Cn1ncc(C(=O)O)c1C(=O)NC1C2CC3CC(C2)CC1C3. The lowest BCUT2D eigenvalue weighted by molar-refractivity contribution is -0.0121. The van der Waals surface area contributed by atoms with Crippen molar-refractivity contribution in [2.45, 2.75) is 38.1 Å². The van der Waals surface area contributed by atoms with Gasteiger partial charge in [0.2, 0.25) is 0 Å². The van der Waals surface area contributed by atoms with Gasteiger partial charge in [-0.05, 0) is 55.8 Å². The Morgan fingerprint density at radius 1 is 1.18 bits per heavy atom. The Morgan fingerprint density at radius 2 is 1.77 bits per heavy atom. The number of rotatable bonds is 3. The largest absolute Gasteiger partial charge is 0.478 e. The Morgan fingerprint density at radius 3 is 2.32 bits per heavy atom. The van der Waals surface area contributed by atoms with Crippen LogP contribution in [-0.4, -0.2) is 32.8 Å². The first kappa shape index (κ1) is 13.8. The van der Waals surface area contributed by atoms with Crippen LogP contribution in [0, 0.1) is 23.7 Å². The average Bonchev–Trinajstić information content (AvgIpc) is 2.84. The van der Waals surface area contributed by atoms with Crippen LogP contribution < -0.4 is 5.32 Å². The molecular weight excluding hydrogens is 282 g/mol. The van der Waals surface area contributed by atoms with Crippen molar-refractivity contribution in [3.8, 4) is 0 Å². The molecule has 118 valence electrons. The van der Waals surface area contributed by atoms with Crippen molar-refractivity contribution < 1.29 is 14.7 Å². The molecule has 0 saturated heterocycles. The van der Waals surface area contributed by atoms with E-state index in [4.69, 9.17) is 0 Å². The minimum atomic E-state index is -1.11. The van der Waals surface area contributed by atoms with Crippen LogP contribution in [0.2, 0.25) is 0 Å². The minimum absolute atomic E-state index is 0.0242. The molecule has 0 aromatic carbocycles. The lowest BCUT2D eigenvalue weighted by atomic mass is 9.54. The second-order valence-electron chi connectivity index (χ2n) is 7.27. The Balaban J connectivity index is 1.55. The predicted molar refractivity (Wildman–Crippen MR) is 78.5 cm³/mol.